The molecule has 114 valence electrons. The molecule has 23 heavy (non-hydrogen) atoms. The highest BCUT2D eigenvalue weighted by Gasteiger charge is 2.17. The minimum atomic E-state index is -0.733. The summed E-state index contributed by atoms with van der Waals surface area (Å²) in [6.45, 7) is 1.83. The van der Waals surface area contributed by atoms with Crippen LogP contribution >= 0.6 is 0 Å². The number of nitrogens with one attached hydrogen (secondary N) is 2. The maximum absolute atomic E-state index is 13.6. The number of aryl methyl sites for hydroxylation is 1. The maximum atomic E-state index is 13.6. The second-order valence-electron chi connectivity index (χ2n) is 5.30. The Morgan fingerprint density at radius 1 is 1.09 bits per heavy atom. The van der Waals surface area contributed by atoms with Crippen molar-refractivity contribution in [2.45, 2.75) is 6.92 Å². The lowest BCUT2D eigenvalue weighted by atomic mass is 10.0. The number of aromatic amines is 2. The second kappa shape index (κ2) is 4.70. The molecule has 7 heteroatoms. The number of rotatable bonds is 1. The van der Waals surface area contributed by atoms with Crippen LogP contribution in [0.3, 0.4) is 0 Å². The van der Waals surface area contributed by atoms with E-state index in [4.69, 9.17) is 0 Å². The molecule has 0 aliphatic carbocycles. The first kappa shape index (κ1) is 13.6. The highest BCUT2D eigenvalue weighted by atomic mass is 19.1. The van der Waals surface area contributed by atoms with Gasteiger partial charge in [0.15, 0.2) is 5.65 Å². The molecule has 5 nitrogen and oxygen atoms in total. The van der Waals surface area contributed by atoms with E-state index in [0.29, 0.717) is 16.4 Å². The normalized spacial score (nSPS) is 11.4. The standard InChI is InChI=1S/C16H10F2N4O/c1-7-5-19-16(23)13-12(7)11-6-20-22-15(11)21-14(13)8-2-9(17)4-10(18)3-8/h2-6H,1H3,(H,19,23)(H,20,21,22). The largest absolute Gasteiger partial charge is 0.328 e. The molecule has 0 bridgehead atoms. The van der Waals surface area contributed by atoms with Crippen molar-refractivity contribution < 1.29 is 8.78 Å². The quantitative estimate of drug-likeness (QED) is 0.567. The van der Waals surface area contributed by atoms with E-state index < -0.39 is 11.6 Å². The van der Waals surface area contributed by atoms with Gasteiger partial charge in [-0.15, -0.1) is 0 Å². The molecule has 4 rings (SSSR count). The van der Waals surface area contributed by atoms with Gasteiger partial charge in [0.05, 0.1) is 17.3 Å². The van der Waals surface area contributed by atoms with Crippen LogP contribution < -0.4 is 5.56 Å². The fourth-order valence-electron chi connectivity index (χ4n) is 2.82. The highest BCUT2D eigenvalue weighted by molar-refractivity contribution is 6.10. The molecule has 2 N–H and O–H groups in total. The first-order valence-electron chi connectivity index (χ1n) is 6.86. The minimum Gasteiger partial charge on any atom is -0.328 e. The van der Waals surface area contributed by atoms with Crippen molar-refractivity contribution in [1.82, 2.24) is 20.2 Å². The molecule has 4 aromatic rings. The molecule has 0 saturated carbocycles. The molecule has 0 radical (unpaired) electrons. The monoisotopic (exact) mass is 312 g/mol. The van der Waals surface area contributed by atoms with Gasteiger partial charge in [0.2, 0.25) is 0 Å². The van der Waals surface area contributed by atoms with Crippen LogP contribution in [-0.4, -0.2) is 20.2 Å². The molecule has 3 heterocycles. The van der Waals surface area contributed by atoms with Gasteiger partial charge in [0.25, 0.3) is 5.56 Å². The van der Waals surface area contributed by atoms with E-state index in [0.717, 1.165) is 23.8 Å². The Morgan fingerprint density at radius 2 is 1.83 bits per heavy atom. The molecular formula is C16H10F2N4O. The van der Waals surface area contributed by atoms with E-state index >= 15 is 0 Å². The van der Waals surface area contributed by atoms with E-state index in [1.54, 1.807) is 12.4 Å². The zero-order valence-electron chi connectivity index (χ0n) is 11.9. The molecule has 0 spiro atoms. The summed E-state index contributed by atoms with van der Waals surface area (Å²) in [6.07, 6.45) is 3.17. The van der Waals surface area contributed by atoms with Crippen molar-refractivity contribution in [2.75, 3.05) is 0 Å². The van der Waals surface area contributed by atoms with Gasteiger partial charge in [-0.25, -0.2) is 13.8 Å². The Labute approximate surface area is 128 Å². The molecular weight excluding hydrogens is 302 g/mol. The summed E-state index contributed by atoms with van der Waals surface area (Å²) in [5.41, 5.74) is 1.29. The Morgan fingerprint density at radius 3 is 2.57 bits per heavy atom. The molecule has 0 fully saturated rings. The van der Waals surface area contributed by atoms with Gasteiger partial charge in [-0.2, -0.15) is 5.10 Å². The van der Waals surface area contributed by atoms with E-state index in [9.17, 15) is 13.6 Å². The lowest BCUT2D eigenvalue weighted by molar-refractivity contribution is 0.584. The smallest absolute Gasteiger partial charge is 0.258 e. The fraction of sp³-hybridized carbons (Fsp3) is 0.0625. The number of fused-ring (bicyclic) bond motifs is 3. The fourth-order valence-corrected chi connectivity index (χ4v) is 2.82. The molecule has 0 amide bonds. The van der Waals surface area contributed by atoms with Gasteiger partial charge in [-0.3, -0.25) is 9.89 Å². The Balaban J connectivity index is 2.25. The Hall–Kier alpha value is -3.09. The summed E-state index contributed by atoms with van der Waals surface area (Å²) in [6, 6.07) is 3.07. The second-order valence-corrected chi connectivity index (χ2v) is 5.30. The summed E-state index contributed by atoms with van der Waals surface area (Å²) in [5.74, 6) is -1.47. The third-order valence-corrected chi connectivity index (χ3v) is 3.78. The van der Waals surface area contributed by atoms with Gasteiger partial charge in [-0.05, 0) is 24.6 Å². The van der Waals surface area contributed by atoms with Crippen LogP contribution in [0, 0.1) is 18.6 Å². The van der Waals surface area contributed by atoms with E-state index in [-0.39, 0.29) is 22.2 Å². The number of pyridine rings is 2. The summed E-state index contributed by atoms with van der Waals surface area (Å²) >= 11 is 0. The SMILES string of the molecule is Cc1c[nH]c(=O)c2c(-c3cc(F)cc(F)c3)nc3[nH]ncc3c12. The highest BCUT2D eigenvalue weighted by Crippen LogP contribution is 2.31. The Bertz CT molecular complexity index is 1110. The summed E-state index contributed by atoms with van der Waals surface area (Å²) in [4.78, 5) is 19.3. The summed E-state index contributed by atoms with van der Waals surface area (Å²) < 4.78 is 27.1. The summed E-state index contributed by atoms with van der Waals surface area (Å²) in [5, 5.41) is 8.31. The van der Waals surface area contributed by atoms with E-state index in [1.807, 2.05) is 6.92 Å². The minimum absolute atomic E-state index is 0.195. The Kier molecular flexibility index (Phi) is 2.77. The number of halogens is 2. The van der Waals surface area contributed by atoms with Gasteiger partial charge < -0.3 is 4.98 Å². The number of aromatic nitrogens is 4. The topological polar surface area (TPSA) is 74.4 Å². The van der Waals surface area contributed by atoms with Crippen molar-refractivity contribution in [1.29, 1.82) is 0 Å². The molecule has 0 unspecified atom stereocenters. The molecule has 1 aromatic carbocycles. The zero-order valence-corrected chi connectivity index (χ0v) is 11.9. The number of hydrogen-bond acceptors (Lipinski definition) is 3. The van der Waals surface area contributed by atoms with Crippen LogP contribution in [0.2, 0.25) is 0 Å². The van der Waals surface area contributed by atoms with Gasteiger partial charge >= 0.3 is 0 Å². The zero-order chi connectivity index (χ0) is 16.1. The van der Waals surface area contributed by atoms with Crippen molar-refractivity contribution in [2.24, 2.45) is 0 Å². The number of benzene rings is 1. The number of H-pyrrole nitrogens is 2. The third kappa shape index (κ3) is 2.01. The van der Waals surface area contributed by atoms with Crippen molar-refractivity contribution >= 4 is 21.8 Å². The predicted octanol–water partition coefficient (Wildman–Crippen LogP) is 3.05. The van der Waals surface area contributed by atoms with Crippen LogP contribution in [0.5, 0.6) is 0 Å². The van der Waals surface area contributed by atoms with Gasteiger partial charge in [0, 0.05) is 28.6 Å². The maximum Gasteiger partial charge on any atom is 0.258 e. The van der Waals surface area contributed by atoms with Crippen molar-refractivity contribution in [3.05, 3.63) is 58.1 Å². The van der Waals surface area contributed by atoms with E-state index in [2.05, 4.69) is 20.2 Å². The van der Waals surface area contributed by atoms with Crippen LogP contribution in [-0.2, 0) is 0 Å². The molecule has 3 aromatic heterocycles. The third-order valence-electron chi connectivity index (χ3n) is 3.78. The van der Waals surface area contributed by atoms with Crippen molar-refractivity contribution in [3.8, 4) is 11.3 Å². The first-order valence-corrected chi connectivity index (χ1v) is 6.86. The average molecular weight is 312 g/mol. The number of nitrogens with zero attached hydrogens (tertiary/aromatic N) is 2. The predicted molar refractivity (Wildman–Crippen MR) is 82.1 cm³/mol. The number of hydrogen-bond donors (Lipinski definition) is 2. The molecule has 0 atom stereocenters. The van der Waals surface area contributed by atoms with Crippen LogP contribution in [0.15, 0.2) is 35.4 Å². The molecule has 0 aliphatic heterocycles. The average Bonchev–Trinajstić information content (AvgIpc) is 2.97. The van der Waals surface area contributed by atoms with Crippen LogP contribution in [0.1, 0.15) is 5.56 Å². The summed E-state index contributed by atoms with van der Waals surface area (Å²) in [7, 11) is 0. The molecule has 0 saturated heterocycles. The first-order chi connectivity index (χ1) is 11.0. The van der Waals surface area contributed by atoms with E-state index in [1.165, 1.54) is 0 Å². The lowest BCUT2D eigenvalue weighted by Crippen LogP contribution is -2.09. The van der Waals surface area contributed by atoms with Crippen LogP contribution in [0.25, 0.3) is 33.1 Å². The van der Waals surface area contributed by atoms with Gasteiger partial charge in [-0.1, -0.05) is 0 Å². The lowest BCUT2D eigenvalue weighted by Gasteiger charge is -2.09. The molecule has 0 aliphatic rings. The van der Waals surface area contributed by atoms with Crippen molar-refractivity contribution in [3.63, 3.8) is 0 Å². The van der Waals surface area contributed by atoms with Gasteiger partial charge in [0.1, 0.15) is 11.6 Å². The van der Waals surface area contributed by atoms with Crippen LogP contribution in [0.4, 0.5) is 8.78 Å².